The summed E-state index contributed by atoms with van der Waals surface area (Å²) in [5.41, 5.74) is 0.579. The molecule has 1 aromatic carbocycles. The molecule has 0 saturated carbocycles. The second-order valence-electron chi connectivity index (χ2n) is 4.22. The molecule has 6 heteroatoms. The first kappa shape index (κ1) is 15.4. The van der Waals surface area contributed by atoms with Crippen LogP contribution in [0.2, 0.25) is 5.02 Å². The van der Waals surface area contributed by atoms with E-state index in [-0.39, 0.29) is 12.5 Å². The average Bonchev–Trinajstić information content (AvgIpc) is 2.20. The van der Waals surface area contributed by atoms with Crippen LogP contribution in [0.15, 0.2) is 22.7 Å². The number of amides is 1. The van der Waals surface area contributed by atoms with Crippen LogP contribution in [0.5, 0.6) is 0 Å². The molecule has 0 aliphatic rings. The number of benzene rings is 1. The van der Waals surface area contributed by atoms with E-state index >= 15 is 0 Å². The van der Waals surface area contributed by atoms with E-state index in [0.29, 0.717) is 17.3 Å². The highest BCUT2D eigenvalue weighted by Crippen LogP contribution is 2.25. The average molecular weight is 336 g/mol. The zero-order valence-electron chi connectivity index (χ0n) is 10.3. The van der Waals surface area contributed by atoms with Crippen LogP contribution in [0.4, 0.5) is 5.69 Å². The molecule has 1 unspecified atom stereocenters. The Kier molecular flexibility index (Phi) is 6.08. The highest BCUT2D eigenvalue weighted by molar-refractivity contribution is 9.10. The molecule has 0 fully saturated rings. The highest BCUT2D eigenvalue weighted by Gasteiger charge is 2.10. The Labute approximate surface area is 120 Å². The molecular formula is C12H16BrClN2O2. The minimum atomic E-state index is -0.459. The van der Waals surface area contributed by atoms with Gasteiger partial charge < -0.3 is 10.4 Å². The number of carbonyl (C=O) groups excluding carboxylic acids is 1. The minimum Gasteiger partial charge on any atom is -0.392 e. The fraction of sp³-hybridized carbons (Fsp3) is 0.417. The second kappa shape index (κ2) is 7.09. The van der Waals surface area contributed by atoms with E-state index in [1.165, 1.54) is 0 Å². The van der Waals surface area contributed by atoms with Gasteiger partial charge in [-0.05, 0) is 32.2 Å². The zero-order chi connectivity index (χ0) is 13.7. The summed E-state index contributed by atoms with van der Waals surface area (Å²) in [4.78, 5) is 13.5. The minimum absolute atomic E-state index is 0.164. The molecule has 0 saturated heterocycles. The second-order valence-corrected chi connectivity index (χ2v) is 5.54. The number of hydrogen-bond donors (Lipinski definition) is 2. The van der Waals surface area contributed by atoms with Gasteiger partial charge in [-0.2, -0.15) is 0 Å². The first-order valence-corrected chi connectivity index (χ1v) is 6.67. The molecule has 1 amide bonds. The Bertz CT molecular complexity index is 427. The summed E-state index contributed by atoms with van der Waals surface area (Å²) in [5, 5.41) is 12.4. The van der Waals surface area contributed by atoms with E-state index in [1.807, 2.05) is 0 Å². The van der Waals surface area contributed by atoms with Crippen LogP contribution in [0.1, 0.15) is 6.92 Å². The topological polar surface area (TPSA) is 52.6 Å². The predicted octanol–water partition coefficient (Wildman–Crippen LogP) is 2.35. The number of anilines is 1. The number of aliphatic hydroxyl groups is 1. The van der Waals surface area contributed by atoms with Crippen molar-refractivity contribution in [1.82, 2.24) is 4.90 Å². The molecule has 18 heavy (non-hydrogen) atoms. The molecule has 0 aliphatic heterocycles. The van der Waals surface area contributed by atoms with Gasteiger partial charge >= 0.3 is 0 Å². The van der Waals surface area contributed by atoms with Gasteiger partial charge in [0.2, 0.25) is 5.91 Å². The van der Waals surface area contributed by atoms with E-state index < -0.39 is 6.10 Å². The van der Waals surface area contributed by atoms with Crippen LogP contribution in [0, 0.1) is 0 Å². The Morgan fingerprint density at radius 3 is 2.83 bits per heavy atom. The maximum Gasteiger partial charge on any atom is 0.238 e. The van der Waals surface area contributed by atoms with Gasteiger partial charge in [0.25, 0.3) is 0 Å². The summed E-state index contributed by atoms with van der Waals surface area (Å²) >= 11 is 9.29. The summed E-state index contributed by atoms with van der Waals surface area (Å²) in [5.74, 6) is -0.164. The molecule has 0 aromatic heterocycles. The molecule has 1 rings (SSSR count). The molecule has 4 nitrogen and oxygen atoms in total. The normalized spacial score (nSPS) is 12.6. The van der Waals surface area contributed by atoms with Crippen LogP contribution in [-0.4, -0.2) is 42.2 Å². The molecule has 0 spiro atoms. The third kappa shape index (κ3) is 5.35. The third-order valence-electron chi connectivity index (χ3n) is 2.19. The van der Waals surface area contributed by atoms with Crippen molar-refractivity contribution in [2.45, 2.75) is 13.0 Å². The SMILES string of the molecule is CC(O)CN(C)CC(=O)Nc1ccc(Br)cc1Cl. The van der Waals surface area contributed by atoms with E-state index in [0.717, 1.165) is 4.47 Å². The molecule has 1 aromatic rings. The summed E-state index contributed by atoms with van der Waals surface area (Å²) in [6, 6.07) is 5.26. The van der Waals surface area contributed by atoms with E-state index in [9.17, 15) is 9.90 Å². The number of halogens is 2. The van der Waals surface area contributed by atoms with Gasteiger partial charge in [0.05, 0.1) is 23.4 Å². The fourth-order valence-corrected chi connectivity index (χ4v) is 2.26. The number of carbonyl (C=O) groups is 1. The van der Waals surface area contributed by atoms with Gasteiger partial charge in [-0.25, -0.2) is 0 Å². The standard InChI is InChI=1S/C12H16BrClN2O2/c1-8(17)6-16(2)7-12(18)15-11-4-3-9(13)5-10(11)14/h3-5,8,17H,6-7H2,1-2H3,(H,15,18). The molecule has 0 heterocycles. The molecule has 1 atom stereocenters. The van der Waals surface area contributed by atoms with E-state index in [4.69, 9.17) is 11.6 Å². The third-order valence-corrected chi connectivity index (χ3v) is 3.00. The smallest absolute Gasteiger partial charge is 0.238 e. The Morgan fingerprint density at radius 1 is 1.61 bits per heavy atom. The van der Waals surface area contributed by atoms with Crippen molar-refractivity contribution in [3.8, 4) is 0 Å². The monoisotopic (exact) mass is 334 g/mol. The number of nitrogens with zero attached hydrogens (tertiary/aromatic N) is 1. The van der Waals surface area contributed by atoms with Crippen molar-refractivity contribution in [2.75, 3.05) is 25.5 Å². The van der Waals surface area contributed by atoms with E-state index in [2.05, 4.69) is 21.2 Å². The van der Waals surface area contributed by atoms with Gasteiger partial charge in [-0.3, -0.25) is 9.69 Å². The number of aliphatic hydroxyl groups excluding tert-OH is 1. The largest absolute Gasteiger partial charge is 0.392 e. The van der Waals surface area contributed by atoms with Crippen molar-refractivity contribution in [2.24, 2.45) is 0 Å². The van der Waals surface area contributed by atoms with Crippen LogP contribution < -0.4 is 5.32 Å². The van der Waals surface area contributed by atoms with E-state index in [1.54, 1.807) is 37.1 Å². The number of nitrogens with one attached hydrogen (secondary N) is 1. The summed E-state index contributed by atoms with van der Waals surface area (Å²) < 4.78 is 0.858. The lowest BCUT2D eigenvalue weighted by molar-refractivity contribution is -0.117. The zero-order valence-corrected chi connectivity index (χ0v) is 12.6. The van der Waals surface area contributed by atoms with Crippen molar-refractivity contribution in [3.63, 3.8) is 0 Å². The van der Waals surface area contributed by atoms with Crippen molar-refractivity contribution < 1.29 is 9.90 Å². The lowest BCUT2D eigenvalue weighted by atomic mass is 10.3. The lowest BCUT2D eigenvalue weighted by Crippen LogP contribution is -2.34. The summed E-state index contributed by atoms with van der Waals surface area (Å²) in [7, 11) is 1.77. The van der Waals surface area contributed by atoms with Crippen molar-refractivity contribution >= 4 is 39.1 Å². The maximum absolute atomic E-state index is 11.7. The fourth-order valence-electron chi connectivity index (χ4n) is 1.54. The number of likely N-dealkylation sites (N-methyl/N-ethyl adjacent to an activating group) is 1. The molecule has 0 bridgehead atoms. The Morgan fingerprint density at radius 2 is 2.28 bits per heavy atom. The Balaban J connectivity index is 2.54. The van der Waals surface area contributed by atoms with Crippen molar-refractivity contribution in [3.05, 3.63) is 27.7 Å². The van der Waals surface area contributed by atoms with Gasteiger partial charge in [-0.1, -0.05) is 27.5 Å². The number of hydrogen-bond acceptors (Lipinski definition) is 3. The number of rotatable bonds is 5. The predicted molar refractivity (Wildman–Crippen MR) is 77.0 cm³/mol. The van der Waals surface area contributed by atoms with Crippen molar-refractivity contribution in [1.29, 1.82) is 0 Å². The molecule has 0 radical (unpaired) electrons. The molecule has 0 aliphatic carbocycles. The first-order chi connectivity index (χ1) is 8.38. The van der Waals surface area contributed by atoms with Crippen LogP contribution in [0.25, 0.3) is 0 Å². The summed E-state index contributed by atoms with van der Waals surface area (Å²) in [6.07, 6.45) is -0.459. The maximum atomic E-state index is 11.7. The Hall–Kier alpha value is -0.620. The van der Waals surface area contributed by atoms with Gasteiger partial charge in [0.15, 0.2) is 0 Å². The van der Waals surface area contributed by atoms with Gasteiger partial charge in [0, 0.05) is 11.0 Å². The highest BCUT2D eigenvalue weighted by atomic mass is 79.9. The quantitative estimate of drug-likeness (QED) is 0.868. The van der Waals surface area contributed by atoms with Crippen LogP contribution in [0.3, 0.4) is 0 Å². The molecule has 2 N–H and O–H groups in total. The first-order valence-electron chi connectivity index (χ1n) is 5.50. The molecular weight excluding hydrogens is 320 g/mol. The van der Waals surface area contributed by atoms with Crippen LogP contribution in [-0.2, 0) is 4.79 Å². The van der Waals surface area contributed by atoms with Gasteiger partial charge in [0.1, 0.15) is 0 Å². The van der Waals surface area contributed by atoms with Crippen LogP contribution >= 0.6 is 27.5 Å². The summed E-state index contributed by atoms with van der Waals surface area (Å²) in [6.45, 7) is 2.33. The lowest BCUT2D eigenvalue weighted by Gasteiger charge is -2.18. The molecule has 100 valence electrons. The van der Waals surface area contributed by atoms with Gasteiger partial charge in [-0.15, -0.1) is 0 Å².